The summed E-state index contributed by atoms with van der Waals surface area (Å²) in [5, 5.41) is 8.31. The molecule has 0 aromatic heterocycles. The van der Waals surface area contributed by atoms with Gasteiger partial charge in [0.25, 0.3) is 5.91 Å². The Morgan fingerprint density at radius 3 is 2.40 bits per heavy atom. The number of nitrogens with two attached hydrogens (primary N) is 1. The van der Waals surface area contributed by atoms with Gasteiger partial charge in [0.2, 0.25) is 5.91 Å². The Hall–Kier alpha value is -2.24. The van der Waals surface area contributed by atoms with Crippen LogP contribution in [-0.2, 0) is 4.79 Å². The SMILES string of the molecule is CNC(=O)c1ccc(N)cc1NCC(C)(C)C(=O)NC. The molecule has 5 N–H and O–H groups in total. The van der Waals surface area contributed by atoms with Gasteiger partial charge in [0.15, 0.2) is 0 Å². The lowest BCUT2D eigenvalue weighted by Gasteiger charge is -2.24. The summed E-state index contributed by atoms with van der Waals surface area (Å²) in [4.78, 5) is 23.5. The predicted octanol–water partition coefficient (Wildman–Crippen LogP) is 0.813. The summed E-state index contributed by atoms with van der Waals surface area (Å²) in [6.07, 6.45) is 0. The van der Waals surface area contributed by atoms with E-state index in [-0.39, 0.29) is 11.8 Å². The summed E-state index contributed by atoms with van der Waals surface area (Å²) in [5.41, 5.74) is 6.81. The monoisotopic (exact) mass is 278 g/mol. The molecule has 1 rings (SSSR count). The van der Waals surface area contributed by atoms with E-state index in [0.717, 1.165) is 0 Å². The van der Waals surface area contributed by atoms with Gasteiger partial charge in [-0.25, -0.2) is 0 Å². The van der Waals surface area contributed by atoms with Gasteiger partial charge in [-0.15, -0.1) is 0 Å². The number of anilines is 2. The molecule has 110 valence electrons. The lowest BCUT2D eigenvalue weighted by molar-refractivity contribution is -0.128. The first-order valence-corrected chi connectivity index (χ1v) is 6.39. The van der Waals surface area contributed by atoms with Crippen LogP contribution in [0, 0.1) is 5.41 Å². The van der Waals surface area contributed by atoms with Crippen LogP contribution >= 0.6 is 0 Å². The zero-order chi connectivity index (χ0) is 15.3. The van der Waals surface area contributed by atoms with Gasteiger partial charge in [0.05, 0.1) is 11.0 Å². The molecular formula is C14H22N4O2. The molecule has 0 aliphatic carbocycles. The van der Waals surface area contributed by atoms with Crippen molar-refractivity contribution in [3.63, 3.8) is 0 Å². The first-order chi connectivity index (χ1) is 9.31. The number of carbonyl (C=O) groups excluding carboxylic acids is 2. The summed E-state index contributed by atoms with van der Waals surface area (Å²) in [6, 6.07) is 5.01. The molecule has 0 bridgehead atoms. The van der Waals surface area contributed by atoms with Crippen molar-refractivity contribution in [2.45, 2.75) is 13.8 Å². The number of rotatable bonds is 5. The third-order valence-electron chi connectivity index (χ3n) is 3.08. The zero-order valence-electron chi connectivity index (χ0n) is 12.3. The summed E-state index contributed by atoms with van der Waals surface area (Å²) < 4.78 is 0. The second-order valence-electron chi connectivity index (χ2n) is 5.20. The van der Waals surface area contributed by atoms with E-state index in [1.54, 1.807) is 32.3 Å². The minimum absolute atomic E-state index is 0.0737. The van der Waals surface area contributed by atoms with Gasteiger partial charge in [-0.3, -0.25) is 9.59 Å². The number of hydrogen-bond donors (Lipinski definition) is 4. The molecule has 1 aromatic rings. The van der Waals surface area contributed by atoms with Crippen molar-refractivity contribution in [3.8, 4) is 0 Å². The van der Waals surface area contributed by atoms with Gasteiger partial charge in [0.1, 0.15) is 0 Å². The van der Waals surface area contributed by atoms with E-state index in [2.05, 4.69) is 16.0 Å². The summed E-state index contributed by atoms with van der Waals surface area (Å²) in [7, 11) is 3.16. The fraction of sp³-hybridized carbons (Fsp3) is 0.429. The van der Waals surface area contributed by atoms with E-state index in [1.165, 1.54) is 0 Å². The lowest BCUT2D eigenvalue weighted by atomic mass is 9.92. The van der Waals surface area contributed by atoms with E-state index in [0.29, 0.717) is 23.5 Å². The summed E-state index contributed by atoms with van der Waals surface area (Å²) in [5.74, 6) is -0.277. The second kappa shape index (κ2) is 6.27. The molecule has 6 nitrogen and oxygen atoms in total. The number of amides is 2. The van der Waals surface area contributed by atoms with Gasteiger partial charge in [0, 0.05) is 32.0 Å². The smallest absolute Gasteiger partial charge is 0.253 e. The molecule has 0 heterocycles. The highest BCUT2D eigenvalue weighted by molar-refractivity contribution is 6.00. The van der Waals surface area contributed by atoms with Crippen molar-refractivity contribution < 1.29 is 9.59 Å². The highest BCUT2D eigenvalue weighted by Crippen LogP contribution is 2.22. The lowest BCUT2D eigenvalue weighted by Crippen LogP contribution is -2.39. The number of hydrogen-bond acceptors (Lipinski definition) is 4. The Morgan fingerprint density at radius 2 is 1.85 bits per heavy atom. The van der Waals surface area contributed by atoms with Crippen LogP contribution in [0.1, 0.15) is 24.2 Å². The second-order valence-corrected chi connectivity index (χ2v) is 5.20. The molecule has 6 heteroatoms. The van der Waals surface area contributed by atoms with Gasteiger partial charge in [-0.05, 0) is 32.0 Å². The molecular weight excluding hydrogens is 256 g/mol. The third kappa shape index (κ3) is 3.63. The van der Waals surface area contributed by atoms with Crippen LogP contribution in [-0.4, -0.2) is 32.5 Å². The van der Waals surface area contributed by atoms with Gasteiger partial charge in [-0.2, -0.15) is 0 Å². The van der Waals surface area contributed by atoms with E-state index in [1.807, 2.05) is 13.8 Å². The molecule has 0 saturated heterocycles. The minimum atomic E-state index is -0.598. The maximum atomic E-state index is 11.8. The Balaban J connectivity index is 2.94. The standard InChI is InChI=1S/C14H22N4O2/c1-14(2,13(20)17-4)8-18-11-7-9(15)5-6-10(11)12(19)16-3/h5-7,18H,8,15H2,1-4H3,(H,16,19)(H,17,20). The van der Waals surface area contributed by atoms with E-state index >= 15 is 0 Å². The van der Waals surface area contributed by atoms with Crippen LogP contribution in [0.3, 0.4) is 0 Å². The van der Waals surface area contributed by atoms with Crippen LogP contribution in [0.25, 0.3) is 0 Å². The molecule has 0 saturated carbocycles. The van der Waals surface area contributed by atoms with Gasteiger partial charge >= 0.3 is 0 Å². The highest BCUT2D eigenvalue weighted by atomic mass is 16.2. The average Bonchev–Trinajstić information content (AvgIpc) is 2.43. The largest absolute Gasteiger partial charge is 0.399 e. The van der Waals surface area contributed by atoms with Crippen molar-refractivity contribution in [1.29, 1.82) is 0 Å². The summed E-state index contributed by atoms with van der Waals surface area (Å²) >= 11 is 0. The van der Waals surface area contributed by atoms with Crippen LogP contribution in [0.4, 0.5) is 11.4 Å². The molecule has 0 aliphatic rings. The Kier molecular flexibility index (Phi) is 4.96. The zero-order valence-corrected chi connectivity index (χ0v) is 12.3. The molecule has 2 amide bonds. The number of benzene rings is 1. The molecule has 0 fully saturated rings. The van der Waals surface area contributed by atoms with Crippen molar-refractivity contribution in [2.24, 2.45) is 5.41 Å². The Bertz CT molecular complexity index is 512. The topological polar surface area (TPSA) is 96.2 Å². The number of nitrogens with one attached hydrogen (secondary N) is 3. The number of nitrogen functional groups attached to an aromatic ring is 1. The first-order valence-electron chi connectivity index (χ1n) is 6.39. The first kappa shape index (κ1) is 15.8. The Labute approximate surface area is 119 Å². The van der Waals surface area contributed by atoms with Crippen LogP contribution in [0.2, 0.25) is 0 Å². The summed E-state index contributed by atoms with van der Waals surface area (Å²) in [6.45, 7) is 4.04. The fourth-order valence-electron chi connectivity index (χ4n) is 1.78. The van der Waals surface area contributed by atoms with E-state index < -0.39 is 5.41 Å². The molecule has 0 radical (unpaired) electrons. The van der Waals surface area contributed by atoms with Gasteiger partial charge < -0.3 is 21.7 Å². The van der Waals surface area contributed by atoms with Crippen LogP contribution < -0.4 is 21.7 Å². The molecule has 0 spiro atoms. The number of carbonyl (C=O) groups is 2. The van der Waals surface area contributed by atoms with Crippen molar-refractivity contribution in [3.05, 3.63) is 23.8 Å². The molecule has 0 atom stereocenters. The molecule has 1 aromatic carbocycles. The fourth-order valence-corrected chi connectivity index (χ4v) is 1.78. The van der Waals surface area contributed by atoms with Crippen LogP contribution in [0.15, 0.2) is 18.2 Å². The third-order valence-corrected chi connectivity index (χ3v) is 3.08. The van der Waals surface area contributed by atoms with Crippen LogP contribution in [0.5, 0.6) is 0 Å². The van der Waals surface area contributed by atoms with E-state index in [4.69, 9.17) is 5.73 Å². The Morgan fingerprint density at radius 1 is 1.20 bits per heavy atom. The average molecular weight is 278 g/mol. The maximum absolute atomic E-state index is 11.8. The molecule has 0 aliphatic heterocycles. The van der Waals surface area contributed by atoms with Crippen molar-refractivity contribution >= 4 is 23.2 Å². The van der Waals surface area contributed by atoms with Crippen molar-refractivity contribution in [1.82, 2.24) is 10.6 Å². The van der Waals surface area contributed by atoms with Gasteiger partial charge in [-0.1, -0.05) is 0 Å². The molecule has 0 unspecified atom stereocenters. The highest BCUT2D eigenvalue weighted by Gasteiger charge is 2.26. The van der Waals surface area contributed by atoms with Crippen molar-refractivity contribution in [2.75, 3.05) is 31.7 Å². The normalized spacial score (nSPS) is 10.8. The quantitative estimate of drug-likeness (QED) is 0.599. The van der Waals surface area contributed by atoms with E-state index in [9.17, 15) is 9.59 Å². The predicted molar refractivity (Wildman–Crippen MR) is 80.6 cm³/mol. The molecule has 20 heavy (non-hydrogen) atoms. The maximum Gasteiger partial charge on any atom is 0.253 e. The minimum Gasteiger partial charge on any atom is -0.399 e.